The smallest absolute Gasteiger partial charge is 0.0642 e. The topological polar surface area (TPSA) is 15.3 Å². The molecular weight excluding hydrogens is 268 g/mol. The van der Waals surface area contributed by atoms with Crippen molar-refractivity contribution in [3.63, 3.8) is 0 Å². The number of nitrogens with zero attached hydrogens (tertiary/aromatic N) is 1. The van der Waals surface area contributed by atoms with Crippen molar-refractivity contribution in [1.82, 2.24) is 5.32 Å². The van der Waals surface area contributed by atoms with Gasteiger partial charge in [0.1, 0.15) is 0 Å². The van der Waals surface area contributed by atoms with E-state index in [1.807, 2.05) is 19.2 Å². The molecule has 20 heavy (non-hydrogen) atoms. The molecule has 0 spiro atoms. The second-order valence-corrected chi connectivity index (χ2v) is 5.22. The van der Waals surface area contributed by atoms with Crippen molar-refractivity contribution < 1.29 is 0 Å². The Hall–Kier alpha value is -1.51. The maximum Gasteiger partial charge on any atom is 0.0642 e. The van der Waals surface area contributed by atoms with Gasteiger partial charge in [0.15, 0.2) is 0 Å². The van der Waals surface area contributed by atoms with Crippen LogP contribution < -0.4 is 10.2 Å². The van der Waals surface area contributed by atoms with E-state index in [1.165, 1.54) is 11.1 Å². The maximum atomic E-state index is 6.44. The van der Waals surface area contributed by atoms with E-state index in [9.17, 15) is 0 Å². The van der Waals surface area contributed by atoms with Crippen LogP contribution in [0.15, 0.2) is 48.5 Å². The Kier molecular flexibility index (Phi) is 5.45. The van der Waals surface area contributed by atoms with Gasteiger partial charge in [0, 0.05) is 19.6 Å². The zero-order valence-corrected chi connectivity index (χ0v) is 12.8. The van der Waals surface area contributed by atoms with Gasteiger partial charge in [0.25, 0.3) is 0 Å². The Labute approximate surface area is 126 Å². The molecular formula is C17H21ClN2. The van der Waals surface area contributed by atoms with Gasteiger partial charge in [0.05, 0.1) is 10.7 Å². The van der Waals surface area contributed by atoms with Crippen LogP contribution in [-0.4, -0.2) is 13.6 Å². The number of rotatable bonds is 6. The molecule has 0 unspecified atom stereocenters. The van der Waals surface area contributed by atoms with Gasteiger partial charge in [-0.2, -0.15) is 0 Å². The Morgan fingerprint density at radius 2 is 1.80 bits per heavy atom. The summed E-state index contributed by atoms with van der Waals surface area (Å²) in [4.78, 5) is 2.29. The first kappa shape index (κ1) is 14.9. The van der Waals surface area contributed by atoms with Crippen molar-refractivity contribution in [3.8, 4) is 0 Å². The summed E-state index contributed by atoms with van der Waals surface area (Å²) in [5.74, 6) is 0. The summed E-state index contributed by atoms with van der Waals surface area (Å²) in [6.07, 6.45) is 0. The molecule has 0 heterocycles. The first-order valence-corrected chi connectivity index (χ1v) is 7.34. The lowest BCUT2D eigenvalue weighted by atomic mass is 10.1. The molecule has 0 amide bonds. The molecule has 3 heteroatoms. The Morgan fingerprint density at radius 1 is 1.05 bits per heavy atom. The quantitative estimate of drug-likeness (QED) is 0.861. The zero-order chi connectivity index (χ0) is 14.4. The summed E-state index contributed by atoms with van der Waals surface area (Å²) in [5, 5.41) is 3.96. The van der Waals surface area contributed by atoms with Crippen molar-refractivity contribution in [2.75, 3.05) is 18.5 Å². The highest BCUT2D eigenvalue weighted by Crippen LogP contribution is 2.28. The van der Waals surface area contributed by atoms with Crippen molar-refractivity contribution in [1.29, 1.82) is 0 Å². The molecule has 0 saturated carbocycles. The predicted octanol–water partition coefficient (Wildman–Crippen LogP) is 4.09. The van der Waals surface area contributed by atoms with E-state index in [2.05, 4.69) is 53.5 Å². The fourth-order valence-corrected chi connectivity index (χ4v) is 2.61. The SMILES string of the molecule is CCN(Cc1ccccc1)c1ccc(CNC)cc1Cl. The summed E-state index contributed by atoms with van der Waals surface area (Å²) in [5.41, 5.74) is 3.60. The lowest BCUT2D eigenvalue weighted by molar-refractivity contribution is 0.812. The summed E-state index contributed by atoms with van der Waals surface area (Å²) >= 11 is 6.44. The number of hydrogen-bond acceptors (Lipinski definition) is 2. The third-order valence-corrected chi connectivity index (χ3v) is 3.63. The number of anilines is 1. The van der Waals surface area contributed by atoms with Crippen LogP contribution in [-0.2, 0) is 13.1 Å². The fourth-order valence-electron chi connectivity index (χ4n) is 2.29. The normalized spacial score (nSPS) is 10.6. The van der Waals surface area contributed by atoms with Crippen molar-refractivity contribution in [3.05, 3.63) is 64.7 Å². The van der Waals surface area contributed by atoms with E-state index in [4.69, 9.17) is 11.6 Å². The lowest BCUT2D eigenvalue weighted by Crippen LogP contribution is -2.22. The summed E-state index contributed by atoms with van der Waals surface area (Å²) in [6.45, 7) is 4.80. The molecule has 0 saturated heterocycles. The third kappa shape index (κ3) is 3.75. The second kappa shape index (κ2) is 7.32. The van der Waals surface area contributed by atoms with Crippen molar-refractivity contribution in [2.45, 2.75) is 20.0 Å². The largest absolute Gasteiger partial charge is 0.366 e. The van der Waals surface area contributed by atoms with Gasteiger partial charge in [-0.05, 0) is 37.2 Å². The van der Waals surface area contributed by atoms with E-state index >= 15 is 0 Å². The number of nitrogens with one attached hydrogen (secondary N) is 1. The highest BCUT2D eigenvalue weighted by Gasteiger charge is 2.10. The van der Waals surface area contributed by atoms with Crippen LogP contribution in [0.1, 0.15) is 18.1 Å². The Bertz CT molecular complexity index is 540. The highest BCUT2D eigenvalue weighted by atomic mass is 35.5. The van der Waals surface area contributed by atoms with E-state index in [0.717, 1.165) is 30.3 Å². The molecule has 0 bridgehead atoms. The number of hydrogen-bond donors (Lipinski definition) is 1. The van der Waals surface area contributed by atoms with Gasteiger partial charge in [-0.15, -0.1) is 0 Å². The Morgan fingerprint density at radius 3 is 2.40 bits per heavy atom. The maximum absolute atomic E-state index is 6.44. The van der Waals surface area contributed by atoms with E-state index in [1.54, 1.807) is 0 Å². The standard InChI is InChI=1S/C17H21ClN2/c1-3-20(13-14-7-5-4-6-8-14)17-10-9-15(12-19-2)11-16(17)18/h4-11,19H,3,12-13H2,1-2H3. The summed E-state index contributed by atoms with van der Waals surface area (Å²) in [6, 6.07) is 16.8. The van der Waals surface area contributed by atoms with Crippen LogP contribution in [0.2, 0.25) is 5.02 Å². The fraction of sp³-hybridized carbons (Fsp3) is 0.294. The van der Waals surface area contributed by atoms with Gasteiger partial charge in [-0.3, -0.25) is 0 Å². The molecule has 2 aromatic carbocycles. The predicted molar refractivity (Wildman–Crippen MR) is 87.4 cm³/mol. The summed E-state index contributed by atoms with van der Waals surface area (Å²) in [7, 11) is 1.94. The molecule has 1 N–H and O–H groups in total. The third-order valence-electron chi connectivity index (χ3n) is 3.33. The van der Waals surface area contributed by atoms with Gasteiger partial charge in [-0.25, -0.2) is 0 Å². The van der Waals surface area contributed by atoms with Crippen LogP contribution in [0.25, 0.3) is 0 Å². The van der Waals surface area contributed by atoms with E-state index < -0.39 is 0 Å². The highest BCUT2D eigenvalue weighted by molar-refractivity contribution is 6.33. The molecule has 0 fully saturated rings. The average Bonchev–Trinajstić information content (AvgIpc) is 2.47. The first-order chi connectivity index (χ1) is 9.74. The van der Waals surface area contributed by atoms with Gasteiger partial charge >= 0.3 is 0 Å². The molecule has 2 aromatic rings. The van der Waals surface area contributed by atoms with E-state index in [-0.39, 0.29) is 0 Å². The van der Waals surface area contributed by atoms with Crippen LogP contribution in [0.4, 0.5) is 5.69 Å². The molecule has 0 aliphatic carbocycles. The van der Waals surface area contributed by atoms with Crippen LogP contribution in [0.3, 0.4) is 0 Å². The van der Waals surface area contributed by atoms with Crippen LogP contribution in [0.5, 0.6) is 0 Å². The number of halogens is 1. The molecule has 0 atom stereocenters. The lowest BCUT2D eigenvalue weighted by Gasteiger charge is -2.24. The minimum absolute atomic E-state index is 0.815. The summed E-state index contributed by atoms with van der Waals surface area (Å²) < 4.78 is 0. The molecule has 106 valence electrons. The second-order valence-electron chi connectivity index (χ2n) is 4.82. The molecule has 2 rings (SSSR count). The van der Waals surface area contributed by atoms with Crippen molar-refractivity contribution >= 4 is 17.3 Å². The molecule has 0 aliphatic heterocycles. The van der Waals surface area contributed by atoms with Crippen LogP contribution >= 0.6 is 11.6 Å². The minimum atomic E-state index is 0.815. The Balaban J connectivity index is 2.19. The zero-order valence-electron chi connectivity index (χ0n) is 12.1. The van der Waals surface area contributed by atoms with Crippen LogP contribution in [0, 0.1) is 0 Å². The van der Waals surface area contributed by atoms with Gasteiger partial charge in [0.2, 0.25) is 0 Å². The minimum Gasteiger partial charge on any atom is -0.366 e. The average molecular weight is 289 g/mol. The van der Waals surface area contributed by atoms with E-state index in [0.29, 0.717) is 0 Å². The molecule has 0 aliphatic rings. The van der Waals surface area contributed by atoms with Crippen molar-refractivity contribution in [2.24, 2.45) is 0 Å². The molecule has 0 aromatic heterocycles. The van der Waals surface area contributed by atoms with Gasteiger partial charge in [-0.1, -0.05) is 48.0 Å². The molecule has 0 radical (unpaired) electrons. The van der Waals surface area contributed by atoms with Gasteiger partial charge < -0.3 is 10.2 Å². The number of benzene rings is 2. The first-order valence-electron chi connectivity index (χ1n) is 6.96. The monoisotopic (exact) mass is 288 g/mol. The molecule has 2 nitrogen and oxygen atoms in total.